The third-order valence-corrected chi connectivity index (χ3v) is 6.29. The molecule has 172 valence electrons. The maximum absolute atomic E-state index is 5.46. The van der Waals surface area contributed by atoms with E-state index in [1.54, 1.807) is 0 Å². The third kappa shape index (κ3) is 4.14. The average Bonchev–Trinajstić information content (AvgIpc) is 3.55. The Hall–Kier alpha value is -3.73. The molecule has 1 fully saturated rings. The van der Waals surface area contributed by atoms with E-state index in [9.17, 15) is 0 Å². The molecular formula is C29H30N4O. The van der Waals surface area contributed by atoms with Crippen molar-refractivity contribution in [3.8, 4) is 22.4 Å². The number of nitrogens with one attached hydrogen (secondary N) is 1. The first kappa shape index (κ1) is 22.1. The van der Waals surface area contributed by atoms with Gasteiger partial charge in [-0.3, -0.25) is 4.98 Å². The molecule has 0 aliphatic heterocycles. The summed E-state index contributed by atoms with van der Waals surface area (Å²) in [6.45, 7) is 7.96. The molecule has 0 radical (unpaired) electrons. The van der Waals surface area contributed by atoms with Gasteiger partial charge in [0.15, 0.2) is 0 Å². The standard InChI is InChI=1S/C27H24N4O.C2H6/c1-16-24(17(2)32-31-16)21-14-22(26-23(15-21)29-27(30-26)19-10-11-19)13-20-9-6-12-28-25(20)18-7-4-3-5-8-18;1-2/h3-9,12,14-15,19H,10-11,13H2,1-2H3,(H,29,30);1-2H3. The van der Waals surface area contributed by atoms with Crippen molar-refractivity contribution in [2.75, 3.05) is 0 Å². The number of imidazole rings is 1. The highest BCUT2D eigenvalue weighted by Crippen LogP contribution is 2.40. The van der Waals surface area contributed by atoms with Crippen LogP contribution in [0.3, 0.4) is 0 Å². The molecule has 1 aliphatic carbocycles. The van der Waals surface area contributed by atoms with E-state index in [1.165, 1.54) is 24.0 Å². The molecular weight excluding hydrogens is 420 g/mol. The molecule has 1 aliphatic rings. The lowest BCUT2D eigenvalue weighted by Crippen LogP contribution is -1.97. The fourth-order valence-corrected chi connectivity index (χ4v) is 4.57. The van der Waals surface area contributed by atoms with Gasteiger partial charge in [-0.1, -0.05) is 55.4 Å². The van der Waals surface area contributed by atoms with Crippen LogP contribution in [0.1, 0.15) is 61.0 Å². The van der Waals surface area contributed by atoms with Crippen molar-refractivity contribution in [1.29, 1.82) is 0 Å². The first-order chi connectivity index (χ1) is 16.7. The number of benzene rings is 2. The van der Waals surface area contributed by atoms with Crippen molar-refractivity contribution >= 4 is 11.0 Å². The van der Waals surface area contributed by atoms with Gasteiger partial charge in [-0.15, -0.1) is 0 Å². The Labute approximate surface area is 200 Å². The molecule has 1 saturated carbocycles. The van der Waals surface area contributed by atoms with Gasteiger partial charge in [-0.25, -0.2) is 4.98 Å². The van der Waals surface area contributed by atoms with Crippen molar-refractivity contribution in [1.82, 2.24) is 20.1 Å². The number of aromatic amines is 1. The number of nitrogens with zero attached hydrogens (tertiary/aromatic N) is 3. The molecule has 2 aromatic carbocycles. The largest absolute Gasteiger partial charge is 0.361 e. The van der Waals surface area contributed by atoms with Crippen LogP contribution in [0.2, 0.25) is 0 Å². The quantitative estimate of drug-likeness (QED) is 0.303. The highest BCUT2D eigenvalue weighted by atomic mass is 16.5. The molecule has 1 N–H and O–H groups in total. The zero-order chi connectivity index (χ0) is 23.7. The molecule has 0 bridgehead atoms. The number of hydrogen-bond acceptors (Lipinski definition) is 4. The van der Waals surface area contributed by atoms with Crippen molar-refractivity contribution in [2.24, 2.45) is 0 Å². The zero-order valence-electron chi connectivity index (χ0n) is 20.2. The minimum Gasteiger partial charge on any atom is -0.361 e. The van der Waals surface area contributed by atoms with E-state index < -0.39 is 0 Å². The van der Waals surface area contributed by atoms with Crippen LogP contribution in [0, 0.1) is 13.8 Å². The van der Waals surface area contributed by atoms with Crippen molar-refractivity contribution in [2.45, 2.75) is 52.9 Å². The van der Waals surface area contributed by atoms with Gasteiger partial charge in [-0.2, -0.15) is 0 Å². The van der Waals surface area contributed by atoms with Crippen LogP contribution in [0.5, 0.6) is 0 Å². The van der Waals surface area contributed by atoms with Gasteiger partial charge >= 0.3 is 0 Å². The molecule has 3 heterocycles. The van der Waals surface area contributed by atoms with Gasteiger partial charge in [0.25, 0.3) is 0 Å². The number of pyridine rings is 1. The summed E-state index contributed by atoms with van der Waals surface area (Å²) in [5.74, 6) is 2.50. The topological polar surface area (TPSA) is 67.6 Å². The Morgan fingerprint density at radius 3 is 2.44 bits per heavy atom. The molecule has 0 saturated heterocycles. The summed E-state index contributed by atoms with van der Waals surface area (Å²) in [4.78, 5) is 13.3. The molecule has 34 heavy (non-hydrogen) atoms. The highest BCUT2D eigenvalue weighted by Gasteiger charge is 2.27. The van der Waals surface area contributed by atoms with Crippen LogP contribution < -0.4 is 0 Å². The maximum atomic E-state index is 5.46. The van der Waals surface area contributed by atoms with E-state index in [4.69, 9.17) is 14.5 Å². The minimum absolute atomic E-state index is 0.566. The Balaban J connectivity index is 0.00000117. The SMILES string of the molecule is CC.Cc1noc(C)c1-c1cc(Cc2cccnc2-c2ccccc2)c2nc(C3CC3)[nH]c2c1. The van der Waals surface area contributed by atoms with Crippen molar-refractivity contribution < 1.29 is 4.52 Å². The minimum atomic E-state index is 0.566. The van der Waals surface area contributed by atoms with Crippen LogP contribution in [0.15, 0.2) is 65.3 Å². The summed E-state index contributed by atoms with van der Waals surface area (Å²) in [7, 11) is 0. The van der Waals surface area contributed by atoms with E-state index in [2.05, 4.69) is 52.6 Å². The lowest BCUT2D eigenvalue weighted by Gasteiger charge is -2.11. The average molecular weight is 451 g/mol. The number of aromatic nitrogens is 4. The van der Waals surface area contributed by atoms with Crippen LogP contribution in [-0.2, 0) is 6.42 Å². The van der Waals surface area contributed by atoms with Gasteiger partial charge in [-0.05, 0) is 61.6 Å². The van der Waals surface area contributed by atoms with Gasteiger partial charge in [0.2, 0.25) is 0 Å². The van der Waals surface area contributed by atoms with E-state index in [-0.39, 0.29) is 0 Å². The molecule has 0 unspecified atom stereocenters. The Bertz CT molecular complexity index is 1410. The Morgan fingerprint density at radius 2 is 1.74 bits per heavy atom. The normalized spacial score (nSPS) is 13.1. The number of aryl methyl sites for hydroxylation is 2. The molecule has 5 nitrogen and oxygen atoms in total. The summed E-state index contributed by atoms with van der Waals surface area (Å²) in [6.07, 6.45) is 5.04. The fourth-order valence-electron chi connectivity index (χ4n) is 4.57. The third-order valence-electron chi connectivity index (χ3n) is 6.29. The molecule has 5 heteroatoms. The second kappa shape index (κ2) is 9.26. The van der Waals surface area contributed by atoms with Gasteiger partial charge in [0, 0.05) is 29.7 Å². The first-order valence-corrected chi connectivity index (χ1v) is 12.1. The maximum Gasteiger partial charge on any atom is 0.141 e. The second-order valence-electron chi connectivity index (χ2n) is 8.68. The van der Waals surface area contributed by atoms with E-state index in [0.29, 0.717) is 5.92 Å². The molecule has 0 amide bonds. The smallest absolute Gasteiger partial charge is 0.141 e. The summed E-state index contributed by atoms with van der Waals surface area (Å²) < 4.78 is 5.46. The number of hydrogen-bond donors (Lipinski definition) is 1. The molecule has 6 rings (SSSR count). The molecule has 0 spiro atoms. The molecule has 0 atom stereocenters. The van der Waals surface area contributed by atoms with E-state index >= 15 is 0 Å². The molecule has 5 aromatic rings. The second-order valence-corrected chi connectivity index (χ2v) is 8.68. The summed E-state index contributed by atoms with van der Waals surface area (Å²) >= 11 is 0. The van der Waals surface area contributed by atoms with Gasteiger partial charge in [0.05, 0.1) is 22.4 Å². The van der Waals surface area contributed by atoms with Crippen molar-refractivity contribution in [3.63, 3.8) is 0 Å². The van der Waals surface area contributed by atoms with E-state index in [0.717, 1.165) is 57.1 Å². The van der Waals surface area contributed by atoms with E-state index in [1.807, 2.05) is 46.0 Å². The Morgan fingerprint density at radius 1 is 0.941 bits per heavy atom. The summed E-state index contributed by atoms with van der Waals surface area (Å²) in [5, 5.41) is 4.17. The predicted molar refractivity (Wildman–Crippen MR) is 137 cm³/mol. The fraction of sp³-hybridized carbons (Fsp3) is 0.276. The van der Waals surface area contributed by atoms with Crippen LogP contribution in [0.4, 0.5) is 0 Å². The number of fused-ring (bicyclic) bond motifs is 1. The lowest BCUT2D eigenvalue weighted by atomic mass is 9.95. The van der Waals surface area contributed by atoms with Crippen LogP contribution in [0.25, 0.3) is 33.4 Å². The van der Waals surface area contributed by atoms with Gasteiger partial charge in [0.1, 0.15) is 11.6 Å². The van der Waals surface area contributed by atoms with Gasteiger partial charge < -0.3 is 9.51 Å². The summed E-state index contributed by atoms with van der Waals surface area (Å²) in [6, 6.07) is 19.0. The lowest BCUT2D eigenvalue weighted by molar-refractivity contribution is 0.393. The summed E-state index contributed by atoms with van der Waals surface area (Å²) in [5.41, 5.74) is 9.71. The zero-order valence-corrected chi connectivity index (χ0v) is 20.2. The number of H-pyrrole nitrogens is 1. The monoisotopic (exact) mass is 450 g/mol. The Kier molecular flexibility index (Phi) is 6.01. The highest BCUT2D eigenvalue weighted by molar-refractivity contribution is 5.87. The molecule has 3 aromatic heterocycles. The number of rotatable bonds is 5. The van der Waals surface area contributed by atoms with Crippen LogP contribution >= 0.6 is 0 Å². The predicted octanol–water partition coefficient (Wildman–Crippen LogP) is 7.39. The first-order valence-electron chi connectivity index (χ1n) is 12.1. The van der Waals surface area contributed by atoms with Crippen LogP contribution in [-0.4, -0.2) is 20.1 Å². The van der Waals surface area contributed by atoms with Crippen molar-refractivity contribution in [3.05, 3.63) is 89.2 Å².